The number of quaternary nitrogens is 1. The van der Waals surface area contributed by atoms with Crippen LogP contribution >= 0.6 is 0 Å². The van der Waals surface area contributed by atoms with Gasteiger partial charge >= 0.3 is 0 Å². The number of hydrogen-bond acceptors (Lipinski definition) is 4. The second kappa shape index (κ2) is 7.76. The molecule has 5 heteroatoms. The molecular weight excluding hydrogens is 354 g/mol. The van der Waals surface area contributed by atoms with Crippen molar-refractivity contribution >= 4 is 21.5 Å². The second-order valence-electron chi connectivity index (χ2n) is 7.32. The number of methoxy groups -OCH3 is 4. The fraction of sp³-hybridized carbons (Fsp3) is 0.391. The standard InChI is InChI=1S/C23H27NO4/c1-25-19-8-7-14-10-15(11-16-6-5-9-24-16)17-12-20(26-2)21(27-3)13-18(17)22(14)23(19)28-4/h7-8,10,12-13,16,24H,5-6,9,11H2,1-4H3/p+1. The van der Waals surface area contributed by atoms with Crippen LogP contribution in [0.5, 0.6) is 23.0 Å². The predicted molar refractivity (Wildman–Crippen MR) is 111 cm³/mol. The highest BCUT2D eigenvalue weighted by Gasteiger charge is 2.22. The zero-order chi connectivity index (χ0) is 19.7. The lowest BCUT2D eigenvalue weighted by Crippen LogP contribution is -2.87. The van der Waals surface area contributed by atoms with Gasteiger partial charge in [0.1, 0.15) is 0 Å². The molecule has 1 aliphatic heterocycles. The third-order valence-corrected chi connectivity index (χ3v) is 5.81. The molecule has 1 fully saturated rings. The van der Waals surface area contributed by atoms with E-state index < -0.39 is 0 Å². The number of fused-ring (bicyclic) bond motifs is 3. The van der Waals surface area contributed by atoms with Gasteiger partial charge in [-0.2, -0.15) is 0 Å². The van der Waals surface area contributed by atoms with E-state index in [1.54, 1.807) is 28.4 Å². The summed E-state index contributed by atoms with van der Waals surface area (Å²) in [5.74, 6) is 2.93. The molecule has 4 rings (SSSR count). The summed E-state index contributed by atoms with van der Waals surface area (Å²) >= 11 is 0. The Labute approximate surface area is 165 Å². The highest BCUT2D eigenvalue weighted by molar-refractivity contribution is 6.13. The van der Waals surface area contributed by atoms with E-state index in [9.17, 15) is 0 Å². The zero-order valence-electron chi connectivity index (χ0n) is 17.0. The fourth-order valence-electron chi connectivity index (χ4n) is 4.45. The summed E-state index contributed by atoms with van der Waals surface area (Å²) in [6.07, 6.45) is 3.59. The first kappa shape index (κ1) is 18.7. The maximum absolute atomic E-state index is 5.76. The summed E-state index contributed by atoms with van der Waals surface area (Å²) < 4.78 is 22.5. The number of ether oxygens (including phenoxy) is 4. The highest BCUT2D eigenvalue weighted by atomic mass is 16.5. The minimum Gasteiger partial charge on any atom is -0.493 e. The smallest absolute Gasteiger partial charge is 0.169 e. The van der Waals surface area contributed by atoms with Crippen LogP contribution in [0.3, 0.4) is 0 Å². The van der Waals surface area contributed by atoms with Crippen molar-refractivity contribution in [1.82, 2.24) is 0 Å². The Hall–Kier alpha value is -2.66. The lowest BCUT2D eigenvalue weighted by Gasteiger charge is -2.18. The third kappa shape index (κ3) is 3.10. The maximum Gasteiger partial charge on any atom is 0.169 e. The Balaban J connectivity index is 2.05. The molecule has 0 saturated carbocycles. The first-order valence-electron chi connectivity index (χ1n) is 9.75. The van der Waals surface area contributed by atoms with E-state index in [0.29, 0.717) is 11.8 Å². The van der Waals surface area contributed by atoms with Crippen molar-refractivity contribution in [3.8, 4) is 23.0 Å². The van der Waals surface area contributed by atoms with Gasteiger partial charge in [-0.05, 0) is 39.9 Å². The maximum atomic E-state index is 5.76. The van der Waals surface area contributed by atoms with E-state index in [-0.39, 0.29) is 0 Å². The van der Waals surface area contributed by atoms with Crippen LogP contribution in [0.2, 0.25) is 0 Å². The molecule has 148 valence electrons. The summed E-state index contributed by atoms with van der Waals surface area (Å²) in [6.45, 7) is 1.22. The Kier molecular flexibility index (Phi) is 5.18. The lowest BCUT2D eigenvalue weighted by atomic mass is 9.92. The van der Waals surface area contributed by atoms with E-state index in [0.717, 1.165) is 39.8 Å². The summed E-state index contributed by atoms with van der Waals surface area (Å²) in [6, 6.07) is 11.1. The van der Waals surface area contributed by atoms with E-state index in [1.807, 2.05) is 6.07 Å². The van der Waals surface area contributed by atoms with Gasteiger partial charge in [0.05, 0.1) is 41.0 Å². The predicted octanol–water partition coefficient (Wildman–Crippen LogP) is 3.30. The van der Waals surface area contributed by atoms with Crippen LogP contribution in [-0.2, 0) is 6.42 Å². The van der Waals surface area contributed by atoms with Crippen LogP contribution in [0.1, 0.15) is 18.4 Å². The normalized spacial score (nSPS) is 16.5. The molecule has 0 aromatic heterocycles. The lowest BCUT2D eigenvalue weighted by molar-refractivity contribution is -0.669. The Bertz CT molecular complexity index is 1010. The molecule has 2 N–H and O–H groups in total. The average molecular weight is 382 g/mol. The van der Waals surface area contributed by atoms with Gasteiger partial charge in [0, 0.05) is 24.6 Å². The molecule has 1 heterocycles. The van der Waals surface area contributed by atoms with Crippen molar-refractivity contribution in [1.29, 1.82) is 0 Å². The molecule has 0 spiro atoms. The van der Waals surface area contributed by atoms with Gasteiger partial charge < -0.3 is 24.3 Å². The molecule has 3 aromatic rings. The first-order valence-corrected chi connectivity index (χ1v) is 9.75. The fourth-order valence-corrected chi connectivity index (χ4v) is 4.45. The number of benzene rings is 3. The SMILES string of the molecule is COc1cc2c(CC3CCC[NH2+]3)cc3ccc(OC)c(OC)c3c2cc1OC. The number of hydrogen-bond donors (Lipinski definition) is 1. The minimum absolute atomic E-state index is 0.633. The molecule has 1 aliphatic rings. The molecule has 0 bridgehead atoms. The monoisotopic (exact) mass is 382 g/mol. The highest BCUT2D eigenvalue weighted by Crippen LogP contribution is 2.44. The molecule has 28 heavy (non-hydrogen) atoms. The van der Waals surface area contributed by atoms with Crippen LogP contribution in [-0.4, -0.2) is 41.0 Å². The van der Waals surface area contributed by atoms with E-state index in [1.165, 1.54) is 30.3 Å². The molecule has 0 amide bonds. The molecule has 0 aliphatic carbocycles. The summed E-state index contributed by atoms with van der Waals surface area (Å²) in [7, 11) is 6.70. The quantitative estimate of drug-likeness (QED) is 0.665. The van der Waals surface area contributed by atoms with Crippen LogP contribution in [0.4, 0.5) is 0 Å². The average Bonchev–Trinajstić information content (AvgIpc) is 3.24. The van der Waals surface area contributed by atoms with Crippen LogP contribution in [0.15, 0.2) is 30.3 Å². The van der Waals surface area contributed by atoms with Crippen LogP contribution in [0.25, 0.3) is 21.5 Å². The topological polar surface area (TPSA) is 53.5 Å². The zero-order valence-corrected chi connectivity index (χ0v) is 17.0. The van der Waals surface area contributed by atoms with Crippen molar-refractivity contribution in [2.24, 2.45) is 0 Å². The van der Waals surface area contributed by atoms with Crippen molar-refractivity contribution < 1.29 is 24.3 Å². The summed E-state index contributed by atoms with van der Waals surface area (Å²) in [5, 5.41) is 6.92. The van der Waals surface area contributed by atoms with Crippen molar-refractivity contribution in [2.75, 3.05) is 35.0 Å². The molecular formula is C23H28NO4+. The van der Waals surface area contributed by atoms with Crippen LogP contribution < -0.4 is 24.3 Å². The Morgan fingerprint density at radius 1 is 0.857 bits per heavy atom. The van der Waals surface area contributed by atoms with E-state index in [4.69, 9.17) is 18.9 Å². The van der Waals surface area contributed by atoms with Gasteiger partial charge in [0.2, 0.25) is 0 Å². The van der Waals surface area contributed by atoms with Gasteiger partial charge in [-0.3, -0.25) is 0 Å². The molecule has 5 nitrogen and oxygen atoms in total. The van der Waals surface area contributed by atoms with Crippen molar-refractivity contribution in [3.05, 3.63) is 35.9 Å². The van der Waals surface area contributed by atoms with E-state index in [2.05, 4.69) is 29.6 Å². The van der Waals surface area contributed by atoms with Gasteiger partial charge in [-0.25, -0.2) is 0 Å². The first-order chi connectivity index (χ1) is 13.7. The number of rotatable bonds is 6. The summed E-state index contributed by atoms with van der Waals surface area (Å²) in [4.78, 5) is 0. The molecule has 3 aromatic carbocycles. The van der Waals surface area contributed by atoms with Crippen molar-refractivity contribution in [3.63, 3.8) is 0 Å². The van der Waals surface area contributed by atoms with Gasteiger partial charge in [0.25, 0.3) is 0 Å². The Morgan fingerprint density at radius 2 is 1.57 bits per heavy atom. The van der Waals surface area contributed by atoms with Crippen LogP contribution in [0, 0.1) is 0 Å². The molecule has 0 radical (unpaired) electrons. The molecule has 1 unspecified atom stereocenters. The van der Waals surface area contributed by atoms with Crippen molar-refractivity contribution in [2.45, 2.75) is 25.3 Å². The second-order valence-corrected chi connectivity index (χ2v) is 7.32. The minimum atomic E-state index is 0.633. The molecule has 1 atom stereocenters. The largest absolute Gasteiger partial charge is 0.493 e. The van der Waals surface area contributed by atoms with E-state index >= 15 is 0 Å². The third-order valence-electron chi connectivity index (χ3n) is 5.81. The van der Waals surface area contributed by atoms with Gasteiger partial charge in [0.15, 0.2) is 23.0 Å². The summed E-state index contributed by atoms with van der Waals surface area (Å²) in [5.41, 5.74) is 1.33. The Morgan fingerprint density at radius 3 is 2.18 bits per heavy atom. The number of nitrogens with two attached hydrogens (primary N) is 1. The van der Waals surface area contributed by atoms with Gasteiger partial charge in [-0.15, -0.1) is 0 Å². The van der Waals surface area contributed by atoms with Gasteiger partial charge in [-0.1, -0.05) is 12.1 Å². The molecule has 1 saturated heterocycles.